The Balaban J connectivity index is 3.09. The zero-order valence-corrected chi connectivity index (χ0v) is 8.47. The average molecular weight is 209 g/mol. The van der Waals surface area contributed by atoms with Crippen molar-refractivity contribution in [2.24, 2.45) is 0 Å². The number of halogens is 1. The third kappa shape index (κ3) is 2.51. The van der Waals surface area contributed by atoms with Gasteiger partial charge in [0.1, 0.15) is 0 Å². The van der Waals surface area contributed by atoms with Crippen LogP contribution in [0.15, 0.2) is 24.3 Å². The number of hydrogen-bond donors (Lipinski definition) is 0. The largest absolute Gasteiger partial charge is 0.465 e. The Morgan fingerprint density at radius 1 is 1.50 bits per heavy atom. The summed E-state index contributed by atoms with van der Waals surface area (Å²) in [5.41, 5.74) is 1.10. The fourth-order valence-corrected chi connectivity index (χ4v) is 1.08. The summed E-state index contributed by atoms with van der Waals surface area (Å²) in [6.45, 7) is 0. The molecule has 0 atom stereocenters. The molecule has 0 aliphatic heterocycles. The predicted molar refractivity (Wildman–Crippen MR) is 55.4 cm³/mol. The number of ether oxygens (including phenoxy) is 1. The third-order valence-electron chi connectivity index (χ3n) is 1.62. The Morgan fingerprint density at radius 3 is 2.86 bits per heavy atom. The molecule has 0 aromatic heterocycles. The fraction of sp³-hybridized carbons (Fsp3) is 0.182. The van der Waals surface area contributed by atoms with E-state index in [2.05, 4.69) is 16.6 Å². The highest BCUT2D eigenvalue weighted by atomic mass is 35.5. The summed E-state index contributed by atoms with van der Waals surface area (Å²) in [5.74, 6) is 5.35. The summed E-state index contributed by atoms with van der Waals surface area (Å²) < 4.78 is 4.62. The Labute approximate surface area is 87.8 Å². The Hall–Kier alpha value is -1.46. The SMILES string of the molecule is COC(=O)c1ccccc1C#CCCl. The van der Waals surface area contributed by atoms with Gasteiger partial charge in [-0.25, -0.2) is 4.79 Å². The van der Waals surface area contributed by atoms with Crippen molar-refractivity contribution >= 4 is 17.6 Å². The lowest BCUT2D eigenvalue weighted by atomic mass is 10.1. The summed E-state index contributed by atoms with van der Waals surface area (Å²) in [5, 5.41) is 0. The van der Waals surface area contributed by atoms with Crippen LogP contribution in [0.5, 0.6) is 0 Å². The summed E-state index contributed by atoms with van der Waals surface area (Å²) in [4.78, 5) is 11.3. The maximum Gasteiger partial charge on any atom is 0.339 e. The smallest absolute Gasteiger partial charge is 0.339 e. The van der Waals surface area contributed by atoms with Gasteiger partial charge in [0, 0.05) is 5.56 Å². The minimum atomic E-state index is -0.385. The normalized spacial score (nSPS) is 8.71. The molecule has 0 fully saturated rings. The van der Waals surface area contributed by atoms with E-state index in [0.29, 0.717) is 11.1 Å². The summed E-state index contributed by atoms with van der Waals surface area (Å²) in [6, 6.07) is 7.00. The lowest BCUT2D eigenvalue weighted by Gasteiger charge is -2.00. The van der Waals surface area contributed by atoms with E-state index in [0.717, 1.165) is 0 Å². The van der Waals surface area contributed by atoms with E-state index in [-0.39, 0.29) is 11.8 Å². The van der Waals surface area contributed by atoms with Crippen molar-refractivity contribution in [3.8, 4) is 11.8 Å². The van der Waals surface area contributed by atoms with Crippen molar-refractivity contribution in [2.75, 3.05) is 13.0 Å². The van der Waals surface area contributed by atoms with E-state index in [1.165, 1.54) is 7.11 Å². The minimum Gasteiger partial charge on any atom is -0.465 e. The lowest BCUT2D eigenvalue weighted by molar-refractivity contribution is 0.0600. The van der Waals surface area contributed by atoms with Gasteiger partial charge in [0.15, 0.2) is 0 Å². The first-order valence-electron chi connectivity index (χ1n) is 4.01. The monoisotopic (exact) mass is 208 g/mol. The number of carbonyl (C=O) groups excluding carboxylic acids is 1. The molecule has 0 saturated heterocycles. The van der Waals surface area contributed by atoms with Crippen LogP contribution in [-0.2, 0) is 4.74 Å². The quantitative estimate of drug-likeness (QED) is 0.401. The van der Waals surface area contributed by atoms with Gasteiger partial charge in [0.05, 0.1) is 18.6 Å². The molecule has 0 unspecified atom stereocenters. The third-order valence-corrected chi connectivity index (χ3v) is 1.76. The molecule has 0 amide bonds. The molecule has 72 valence electrons. The van der Waals surface area contributed by atoms with Gasteiger partial charge in [-0.05, 0) is 12.1 Å². The van der Waals surface area contributed by atoms with Crippen LogP contribution >= 0.6 is 11.6 Å². The number of esters is 1. The molecular weight excluding hydrogens is 200 g/mol. The molecule has 0 radical (unpaired) electrons. The Kier molecular flexibility index (Phi) is 4.03. The van der Waals surface area contributed by atoms with Crippen LogP contribution in [-0.4, -0.2) is 19.0 Å². The van der Waals surface area contributed by atoms with Crippen molar-refractivity contribution in [3.63, 3.8) is 0 Å². The van der Waals surface area contributed by atoms with Crippen LogP contribution in [0.2, 0.25) is 0 Å². The Bertz CT molecular complexity index is 388. The maximum absolute atomic E-state index is 11.3. The van der Waals surface area contributed by atoms with Crippen molar-refractivity contribution in [1.82, 2.24) is 0 Å². The van der Waals surface area contributed by atoms with Gasteiger partial charge in [-0.1, -0.05) is 24.0 Å². The molecule has 0 aliphatic rings. The van der Waals surface area contributed by atoms with Crippen LogP contribution in [0.1, 0.15) is 15.9 Å². The van der Waals surface area contributed by atoms with Gasteiger partial charge < -0.3 is 4.74 Å². The van der Waals surface area contributed by atoms with Crippen molar-refractivity contribution < 1.29 is 9.53 Å². The van der Waals surface area contributed by atoms with Gasteiger partial charge in [0.2, 0.25) is 0 Å². The zero-order valence-electron chi connectivity index (χ0n) is 7.71. The number of hydrogen-bond acceptors (Lipinski definition) is 2. The van der Waals surface area contributed by atoms with Crippen molar-refractivity contribution in [2.45, 2.75) is 0 Å². The molecule has 1 aromatic carbocycles. The van der Waals surface area contributed by atoms with E-state index in [9.17, 15) is 4.79 Å². The van der Waals surface area contributed by atoms with E-state index < -0.39 is 0 Å². The molecule has 2 nitrogen and oxygen atoms in total. The number of methoxy groups -OCH3 is 1. The first kappa shape index (κ1) is 10.6. The highest BCUT2D eigenvalue weighted by Gasteiger charge is 2.08. The van der Waals surface area contributed by atoms with Gasteiger partial charge in [-0.2, -0.15) is 0 Å². The average Bonchev–Trinajstić information content (AvgIpc) is 2.25. The minimum absolute atomic E-state index is 0.246. The molecule has 1 rings (SSSR count). The molecule has 0 saturated carbocycles. The second-order valence-electron chi connectivity index (χ2n) is 2.47. The topological polar surface area (TPSA) is 26.3 Å². The van der Waals surface area contributed by atoms with Gasteiger partial charge in [0.25, 0.3) is 0 Å². The molecular formula is C11H9ClO2. The summed E-state index contributed by atoms with van der Waals surface area (Å²) >= 11 is 5.43. The summed E-state index contributed by atoms with van der Waals surface area (Å²) in [7, 11) is 1.34. The van der Waals surface area contributed by atoms with Crippen molar-refractivity contribution in [3.05, 3.63) is 35.4 Å². The van der Waals surface area contributed by atoms with Crippen LogP contribution in [0.3, 0.4) is 0 Å². The number of carbonyl (C=O) groups is 1. The number of rotatable bonds is 1. The molecule has 0 N–H and O–H groups in total. The molecule has 0 heterocycles. The first-order chi connectivity index (χ1) is 6.79. The molecule has 0 spiro atoms. The van der Waals surface area contributed by atoms with Gasteiger partial charge in [-0.15, -0.1) is 11.6 Å². The highest BCUT2D eigenvalue weighted by Crippen LogP contribution is 2.08. The van der Waals surface area contributed by atoms with E-state index >= 15 is 0 Å². The molecule has 0 bridgehead atoms. The van der Waals surface area contributed by atoms with Crippen LogP contribution in [0.25, 0.3) is 0 Å². The molecule has 14 heavy (non-hydrogen) atoms. The van der Waals surface area contributed by atoms with E-state index in [1.807, 2.05) is 6.07 Å². The second kappa shape index (κ2) is 5.31. The molecule has 3 heteroatoms. The number of alkyl halides is 1. The van der Waals surface area contributed by atoms with Gasteiger partial charge >= 0.3 is 5.97 Å². The molecule has 0 aliphatic carbocycles. The standard InChI is InChI=1S/C11H9ClO2/c1-14-11(13)10-7-3-2-5-9(10)6-4-8-12/h2-3,5,7H,8H2,1H3. The molecule has 1 aromatic rings. The van der Waals surface area contributed by atoms with E-state index in [1.54, 1.807) is 18.2 Å². The maximum atomic E-state index is 11.3. The van der Waals surface area contributed by atoms with E-state index in [4.69, 9.17) is 11.6 Å². The highest BCUT2D eigenvalue weighted by molar-refractivity contribution is 6.19. The fourth-order valence-electron chi connectivity index (χ4n) is 1.01. The van der Waals surface area contributed by atoms with Crippen LogP contribution < -0.4 is 0 Å². The van der Waals surface area contributed by atoms with Gasteiger partial charge in [-0.3, -0.25) is 0 Å². The Morgan fingerprint density at radius 2 is 2.21 bits per heavy atom. The summed E-state index contributed by atoms with van der Waals surface area (Å²) in [6.07, 6.45) is 0. The van der Waals surface area contributed by atoms with Crippen molar-refractivity contribution in [1.29, 1.82) is 0 Å². The number of benzene rings is 1. The second-order valence-corrected chi connectivity index (χ2v) is 2.74. The van der Waals surface area contributed by atoms with Crippen LogP contribution in [0, 0.1) is 11.8 Å². The zero-order chi connectivity index (χ0) is 10.4. The lowest BCUT2D eigenvalue weighted by Crippen LogP contribution is -2.03. The predicted octanol–water partition coefficient (Wildman–Crippen LogP) is 2.06. The first-order valence-corrected chi connectivity index (χ1v) is 4.55. The van der Waals surface area contributed by atoms with Crippen LogP contribution in [0.4, 0.5) is 0 Å².